The maximum absolute atomic E-state index is 11.9. The van der Waals surface area contributed by atoms with Crippen LogP contribution in [-0.4, -0.2) is 13.0 Å². The van der Waals surface area contributed by atoms with Crippen LogP contribution in [0, 0.1) is 0 Å². The lowest BCUT2D eigenvalue weighted by Crippen LogP contribution is -2.20. The molecular weight excluding hydrogens is 220 g/mol. The molecule has 0 amide bonds. The summed E-state index contributed by atoms with van der Waals surface area (Å²) in [5.74, 6) is 0. The Labute approximate surface area is 93.4 Å². The van der Waals surface area contributed by atoms with E-state index in [0.717, 1.165) is 22.6 Å². The fraction of sp³-hybridized carbons (Fsp3) is 0.455. The van der Waals surface area contributed by atoms with Crippen LogP contribution in [0.4, 0.5) is 8.78 Å². The molecule has 1 aromatic rings. The maximum Gasteiger partial charge on any atom is 0.250 e. The average Bonchev–Trinajstić information content (AvgIpc) is 2.20. The molecule has 0 unspecified atom stereocenters. The van der Waals surface area contributed by atoms with Crippen molar-refractivity contribution < 1.29 is 8.78 Å². The van der Waals surface area contributed by atoms with Gasteiger partial charge in [-0.05, 0) is 23.6 Å². The number of nitrogens with one attached hydrogen (secondary N) is 1. The lowest BCUT2D eigenvalue weighted by molar-refractivity contribution is 0.145. The molecule has 0 radical (unpaired) electrons. The first-order chi connectivity index (χ1) is 7.13. The molecule has 0 heterocycles. The smallest absolute Gasteiger partial charge is 0.250 e. The lowest BCUT2D eigenvalue weighted by atomic mass is 10.1. The number of hydrogen-bond donors (Lipinski definition) is 1. The van der Waals surface area contributed by atoms with Gasteiger partial charge in [0.25, 0.3) is 6.43 Å². The molecule has 0 saturated carbocycles. The summed E-state index contributed by atoms with van der Waals surface area (Å²) in [6, 6.07) is 5.60. The summed E-state index contributed by atoms with van der Waals surface area (Å²) >= 11 is 5.94. The molecule has 0 aliphatic heterocycles. The highest BCUT2D eigenvalue weighted by molar-refractivity contribution is 6.31. The molecule has 84 valence electrons. The number of halogens is 3. The van der Waals surface area contributed by atoms with Gasteiger partial charge in [-0.2, -0.15) is 0 Å². The van der Waals surface area contributed by atoms with Crippen LogP contribution in [-0.2, 0) is 13.0 Å². The topological polar surface area (TPSA) is 12.0 Å². The summed E-state index contributed by atoms with van der Waals surface area (Å²) in [4.78, 5) is 0. The predicted molar refractivity (Wildman–Crippen MR) is 58.5 cm³/mol. The van der Waals surface area contributed by atoms with Gasteiger partial charge in [-0.3, -0.25) is 0 Å². The van der Waals surface area contributed by atoms with E-state index in [2.05, 4.69) is 5.32 Å². The summed E-state index contributed by atoms with van der Waals surface area (Å²) in [6.45, 7) is 2.19. The van der Waals surface area contributed by atoms with Gasteiger partial charge in [0.1, 0.15) is 0 Å². The molecule has 1 aromatic carbocycles. The third-order valence-electron chi connectivity index (χ3n) is 2.12. The molecule has 0 aliphatic rings. The number of aryl methyl sites for hydroxylation is 1. The SMILES string of the molecule is CCc1cc(CNCC(F)F)ccc1Cl. The van der Waals surface area contributed by atoms with Gasteiger partial charge in [-0.1, -0.05) is 30.7 Å². The van der Waals surface area contributed by atoms with Gasteiger partial charge in [-0.15, -0.1) is 0 Å². The van der Waals surface area contributed by atoms with Gasteiger partial charge >= 0.3 is 0 Å². The Hall–Kier alpha value is -0.670. The summed E-state index contributed by atoms with van der Waals surface area (Å²) in [6.07, 6.45) is -1.45. The van der Waals surface area contributed by atoms with E-state index in [9.17, 15) is 8.78 Å². The van der Waals surface area contributed by atoms with E-state index in [-0.39, 0.29) is 6.54 Å². The average molecular weight is 234 g/mol. The highest BCUT2D eigenvalue weighted by atomic mass is 35.5. The van der Waals surface area contributed by atoms with Crippen LogP contribution in [0.25, 0.3) is 0 Å². The van der Waals surface area contributed by atoms with Gasteiger partial charge in [0.05, 0.1) is 6.54 Å². The first kappa shape index (κ1) is 12.4. The summed E-state index contributed by atoms with van der Waals surface area (Å²) in [7, 11) is 0. The minimum absolute atomic E-state index is 0.274. The summed E-state index contributed by atoms with van der Waals surface area (Å²) < 4.78 is 23.7. The molecular formula is C11H14ClF2N. The molecule has 0 bridgehead atoms. The monoisotopic (exact) mass is 233 g/mol. The second kappa shape index (κ2) is 6.03. The van der Waals surface area contributed by atoms with E-state index >= 15 is 0 Å². The zero-order valence-electron chi connectivity index (χ0n) is 8.56. The van der Waals surface area contributed by atoms with Crippen LogP contribution in [0.1, 0.15) is 18.1 Å². The fourth-order valence-corrected chi connectivity index (χ4v) is 1.59. The molecule has 15 heavy (non-hydrogen) atoms. The summed E-state index contributed by atoms with van der Waals surface area (Å²) in [5, 5.41) is 3.41. The van der Waals surface area contributed by atoms with Crippen molar-refractivity contribution in [2.75, 3.05) is 6.54 Å². The minimum Gasteiger partial charge on any atom is -0.307 e. The van der Waals surface area contributed by atoms with Gasteiger partial charge in [0.15, 0.2) is 0 Å². The quantitative estimate of drug-likeness (QED) is 0.823. The number of hydrogen-bond acceptors (Lipinski definition) is 1. The fourth-order valence-electron chi connectivity index (χ4n) is 1.33. The van der Waals surface area contributed by atoms with Gasteiger partial charge < -0.3 is 5.32 Å². The minimum atomic E-state index is -2.30. The summed E-state index contributed by atoms with van der Waals surface area (Å²) in [5.41, 5.74) is 2.03. The highest BCUT2D eigenvalue weighted by Gasteiger charge is 2.03. The van der Waals surface area contributed by atoms with Crippen LogP contribution in [0.3, 0.4) is 0 Å². The molecule has 4 heteroatoms. The predicted octanol–water partition coefficient (Wildman–Crippen LogP) is 3.26. The van der Waals surface area contributed by atoms with E-state index in [0.29, 0.717) is 6.54 Å². The van der Waals surface area contributed by atoms with Crippen molar-refractivity contribution in [2.24, 2.45) is 0 Å². The largest absolute Gasteiger partial charge is 0.307 e. The van der Waals surface area contributed by atoms with Crippen LogP contribution in [0.2, 0.25) is 5.02 Å². The molecule has 1 N–H and O–H groups in total. The van der Waals surface area contributed by atoms with E-state index < -0.39 is 6.43 Å². The van der Waals surface area contributed by atoms with Crippen molar-refractivity contribution in [1.29, 1.82) is 0 Å². The molecule has 0 aliphatic carbocycles. The normalized spacial score (nSPS) is 11.0. The Morgan fingerprint density at radius 3 is 2.73 bits per heavy atom. The molecule has 0 aromatic heterocycles. The van der Waals surface area contributed by atoms with Crippen molar-refractivity contribution >= 4 is 11.6 Å². The first-order valence-electron chi connectivity index (χ1n) is 4.89. The lowest BCUT2D eigenvalue weighted by Gasteiger charge is -2.07. The van der Waals surface area contributed by atoms with Gasteiger partial charge in [-0.25, -0.2) is 8.78 Å². The molecule has 0 spiro atoms. The maximum atomic E-state index is 11.9. The van der Waals surface area contributed by atoms with Crippen LogP contribution in [0.15, 0.2) is 18.2 Å². The van der Waals surface area contributed by atoms with E-state index in [1.807, 2.05) is 19.1 Å². The van der Waals surface area contributed by atoms with Gasteiger partial charge in [0, 0.05) is 11.6 Å². The van der Waals surface area contributed by atoms with Crippen LogP contribution >= 0.6 is 11.6 Å². The van der Waals surface area contributed by atoms with Crippen LogP contribution < -0.4 is 5.32 Å². The molecule has 1 rings (SSSR count). The standard InChI is InChI=1S/C11H14ClF2N/c1-2-9-5-8(3-4-10(9)12)6-15-7-11(13)14/h3-5,11,15H,2,6-7H2,1H3. The highest BCUT2D eigenvalue weighted by Crippen LogP contribution is 2.17. The zero-order chi connectivity index (χ0) is 11.3. The van der Waals surface area contributed by atoms with Crippen molar-refractivity contribution in [1.82, 2.24) is 5.32 Å². The van der Waals surface area contributed by atoms with Gasteiger partial charge in [0.2, 0.25) is 0 Å². The molecule has 1 nitrogen and oxygen atoms in total. The van der Waals surface area contributed by atoms with Crippen molar-refractivity contribution in [3.63, 3.8) is 0 Å². The number of alkyl halides is 2. The third-order valence-corrected chi connectivity index (χ3v) is 2.49. The Balaban J connectivity index is 2.54. The number of rotatable bonds is 5. The Morgan fingerprint density at radius 1 is 1.40 bits per heavy atom. The molecule has 0 atom stereocenters. The third kappa shape index (κ3) is 4.14. The Bertz CT molecular complexity index is 315. The van der Waals surface area contributed by atoms with Crippen molar-refractivity contribution in [3.05, 3.63) is 34.3 Å². The van der Waals surface area contributed by atoms with E-state index in [1.165, 1.54) is 0 Å². The van der Waals surface area contributed by atoms with E-state index in [4.69, 9.17) is 11.6 Å². The molecule has 0 fully saturated rings. The van der Waals surface area contributed by atoms with E-state index in [1.54, 1.807) is 6.07 Å². The Kier molecular flexibility index (Phi) is 4.99. The molecule has 0 saturated heterocycles. The number of benzene rings is 1. The van der Waals surface area contributed by atoms with Crippen molar-refractivity contribution in [3.8, 4) is 0 Å². The second-order valence-electron chi connectivity index (χ2n) is 3.30. The van der Waals surface area contributed by atoms with Crippen molar-refractivity contribution in [2.45, 2.75) is 26.3 Å². The second-order valence-corrected chi connectivity index (χ2v) is 3.71. The Morgan fingerprint density at radius 2 is 2.13 bits per heavy atom. The zero-order valence-corrected chi connectivity index (χ0v) is 9.32. The first-order valence-corrected chi connectivity index (χ1v) is 5.27. The van der Waals surface area contributed by atoms with Crippen LogP contribution in [0.5, 0.6) is 0 Å².